The fourth-order valence-corrected chi connectivity index (χ4v) is 1.35. The van der Waals surface area contributed by atoms with Crippen LogP contribution in [0.2, 0.25) is 0 Å². The summed E-state index contributed by atoms with van der Waals surface area (Å²) in [5.41, 5.74) is 2.34. The van der Waals surface area contributed by atoms with Crippen molar-refractivity contribution in [1.82, 2.24) is 0 Å². The van der Waals surface area contributed by atoms with Crippen molar-refractivity contribution in [2.45, 2.75) is 13.0 Å². The van der Waals surface area contributed by atoms with Gasteiger partial charge in [-0.15, -0.1) is 0 Å². The van der Waals surface area contributed by atoms with E-state index in [4.69, 9.17) is 5.26 Å². The number of anilines is 1. The number of hydrogen-bond donors (Lipinski definition) is 1. The maximum atomic E-state index is 9.51. The van der Waals surface area contributed by atoms with Gasteiger partial charge in [-0.25, -0.2) is 0 Å². The Bertz CT molecular complexity index is 364. The summed E-state index contributed by atoms with van der Waals surface area (Å²) >= 11 is 0. The Morgan fingerprint density at radius 3 is 2.50 bits per heavy atom. The van der Waals surface area contributed by atoms with Crippen LogP contribution < -0.4 is 4.90 Å². The molecule has 0 aliphatic rings. The van der Waals surface area contributed by atoms with Crippen LogP contribution in [0.4, 0.5) is 5.69 Å². The normalized spacial score (nSPS) is 11.9. The van der Waals surface area contributed by atoms with Crippen LogP contribution in [0.1, 0.15) is 24.2 Å². The molecule has 1 atom stereocenters. The highest BCUT2D eigenvalue weighted by Crippen LogP contribution is 2.25. The van der Waals surface area contributed by atoms with Gasteiger partial charge in [0.25, 0.3) is 0 Å². The fourth-order valence-electron chi connectivity index (χ4n) is 1.35. The lowest BCUT2D eigenvalue weighted by molar-refractivity contribution is 0.199. The summed E-state index contributed by atoms with van der Waals surface area (Å²) in [4.78, 5) is 1.89. The molecule has 1 rings (SSSR count). The van der Waals surface area contributed by atoms with Crippen LogP contribution in [0.5, 0.6) is 0 Å². The van der Waals surface area contributed by atoms with E-state index >= 15 is 0 Å². The van der Waals surface area contributed by atoms with Gasteiger partial charge in [0, 0.05) is 25.3 Å². The van der Waals surface area contributed by atoms with Gasteiger partial charge >= 0.3 is 0 Å². The third-order valence-corrected chi connectivity index (χ3v) is 2.09. The van der Waals surface area contributed by atoms with Crippen molar-refractivity contribution in [3.8, 4) is 6.07 Å². The Morgan fingerprint density at radius 2 is 2.07 bits per heavy atom. The van der Waals surface area contributed by atoms with Gasteiger partial charge in [-0.1, -0.05) is 6.07 Å². The van der Waals surface area contributed by atoms with Crippen LogP contribution in [0.3, 0.4) is 0 Å². The molecule has 0 saturated heterocycles. The number of aliphatic hydroxyl groups is 1. The third kappa shape index (κ3) is 2.04. The number of aliphatic hydroxyl groups excluding tert-OH is 1. The monoisotopic (exact) mass is 190 g/mol. The summed E-state index contributed by atoms with van der Waals surface area (Å²) in [7, 11) is 3.78. The molecule has 0 aliphatic heterocycles. The molecule has 0 aliphatic carbocycles. The number of benzene rings is 1. The van der Waals surface area contributed by atoms with E-state index in [1.165, 1.54) is 0 Å². The van der Waals surface area contributed by atoms with Crippen molar-refractivity contribution in [3.63, 3.8) is 0 Å². The van der Waals surface area contributed by atoms with E-state index in [0.29, 0.717) is 5.56 Å². The van der Waals surface area contributed by atoms with Crippen molar-refractivity contribution >= 4 is 5.69 Å². The second-order valence-electron chi connectivity index (χ2n) is 3.46. The van der Waals surface area contributed by atoms with Crippen molar-refractivity contribution in [2.75, 3.05) is 19.0 Å². The molecule has 1 unspecified atom stereocenters. The summed E-state index contributed by atoms with van der Waals surface area (Å²) in [5.74, 6) is 0. The van der Waals surface area contributed by atoms with Gasteiger partial charge in [0.2, 0.25) is 0 Å². The molecule has 74 valence electrons. The molecule has 0 heterocycles. The highest BCUT2D eigenvalue weighted by molar-refractivity contribution is 5.57. The minimum Gasteiger partial charge on any atom is -0.389 e. The molecule has 0 spiro atoms. The van der Waals surface area contributed by atoms with Crippen LogP contribution in [-0.4, -0.2) is 19.2 Å². The zero-order valence-electron chi connectivity index (χ0n) is 8.65. The Morgan fingerprint density at radius 1 is 1.43 bits per heavy atom. The largest absolute Gasteiger partial charge is 0.389 e. The first-order chi connectivity index (χ1) is 6.56. The Kier molecular flexibility index (Phi) is 3.10. The minimum absolute atomic E-state index is 0.514. The summed E-state index contributed by atoms with van der Waals surface area (Å²) in [6.07, 6.45) is -0.514. The lowest BCUT2D eigenvalue weighted by atomic mass is 10.0. The third-order valence-electron chi connectivity index (χ3n) is 2.09. The molecule has 1 aromatic rings. The number of nitriles is 1. The van der Waals surface area contributed by atoms with E-state index in [1.54, 1.807) is 25.1 Å². The molecule has 0 amide bonds. The van der Waals surface area contributed by atoms with E-state index < -0.39 is 6.10 Å². The van der Waals surface area contributed by atoms with Crippen molar-refractivity contribution < 1.29 is 5.11 Å². The predicted molar refractivity (Wildman–Crippen MR) is 56.1 cm³/mol. The first kappa shape index (κ1) is 10.6. The average molecular weight is 190 g/mol. The van der Waals surface area contributed by atoms with E-state index in [-0.39, 0.29) is 0 Å². The SMILES string of the molecule is CC(O)c1ccc(C#N)cc1N(C)C. The molecule has 1 aromatic carbocycles. The van der Waals surface area contributed by atoms with E-state index in [0.717, 1.165) is 11.3 Å². The van der Waals surface area contributed by atoms with Gasteiger partial charge in [0.1, 0.15) is 0 Å². The lowest BCUT2D eigenvalue weighted by Gasteiger charge is -2.19. The molecule has 0 radical (unpaired) electrons. The second kappa shape index (κ2) is 4.12. The number of nitrogens with zero attached hydrogens (tertiary/aromatic N) is 2. The lowest BCUT2D eigenvalue weighted by Crippen LogP contribution is -2.12. The molecule has 1 N–H and O–H groups in total. The fraction of sp³-hybridized carbons (Fsp3) is 0.364. The highest BCUT2D eigenvalue weighted by Gasteiger charge is 2.09. The van der Waals surface area contributed by atoms with Crippen LogP contribution in [-0.2, 0) is 0 Å². The van der Waals surface area contributed by atoms with E-state index in [9.17, 15) is 5.11 Å². The van der Waals surface area contributed by atoms with Crippen LogP contribution in [0, 0.1) is 11.3 Å². The van der Waals surface area contributed by atoms with Gasteiger partial charge in [0.15, 0.2) is 0 Å². The maximum absolute atomic E-state index is 9.51. The van der Waals surface area contributed by atoms with Gasteiger partial charge in [-0.05, 0) is 19.1 Å². The van der Waals surface area contributed by atoms with Crippen molar-refractivity contribution in [3.05, 3.63) is 29.3 Å². The summed E-state index contributed by atoms with van der Waals surface area (Å²) in [5, 5.41) is 18.2. The molecular weight excluding hydrogens is 176 g/mol. The van der Waals surface area contributed by atoms with Gasteiger partial charge in [-0.2, -0.15) is 5.26 Å². The molecule has 0 fully saturated rings. The van der Waals surface area contributed by atoms with Crippen LogP contribution in [0.15, 0.2) is 18.2 Å². The molecule has 14 heavy (non-hydrogen) atoms. The Balaban J connectivity index is 3.26. The van der Waals surface area contributed by atoms with Gasteiger partial charge in [0.05, 0.1) is 17.7 Å². The standard InChI is InChI=1S/C11H14N2O/c1-8(14)10-5-4-9(7-12)6-11(10)13(2)3/h4-6,8,14H,1-3H3. The number of rotatable bonds is 2. The molecule has 0 aromatic heterocycles. The highest BCUT2D eigenvalue weighted by atomic mass is 16.3. The Hall–Kier alpha value is -1.53. The zero-order chi connectivity index (χ0) is 10.7. The molecule has 0 bridgehead atoms. The summed E-state index contributed by atoms with van der Waals surface area (Å²) in [6, 6.07) is 7.37. The maximum Gasteiger partial charge on any atom is 0.0992 e. The van der Waals surface area contributed by atoms with Crippen LogP contribution >= 0.6 is 0 Å². The second-order valence-corrected chi connectivity index (χ2v) is 3.46. The van der Waals surface area contributed by atoms with Gasteiger partial charge < -0.3 is 10.0 Å². The molecular formula is C11H14N2O. The smallest absolute Gasteiger partial charge is 0.0992 e. The van der Waals surface area contributed by atoms with Crippen molar-refractivity contribution in [1.29, 1.82) is 5.26 Å². The quantitative estimate of drug-likeness (QED) is 0.771. The topological polar surface area (TPSA) is 47.3 Å². The first-order valence-corrected chi connectivity index (χ1v) is 4.45. The van der Waals surface area contributed by atoms with Gasteiger partial charge in [-0.3, -0.25) is 0 Å². The average Bonchev–Trinajstić information content (AvgIpc) is 2.16. The van der Waals surface area contributed by atoms with E-state index in [2.05, 4.69) is 6.07 Å². The molecule has 3 heteroatoms. The summed E-state index contributed by atoms with van der Waals surface area (Å²) in [6.45, 7) is 1.72. The number of hydrogen-bond acceptors (Lipinski definition) is 3. The minimum atomic E-state index is -0.514. The molecule has 3 nitrogen and oxygen atoms in total. The Labute approximate surface area is 84.2 Å². The zero-order valence-corrected chi connectivity index (χ0v) is 8.65. The molecule has 0 saturated carbocycles. The predicted octanol–water partition coefficient (Wildman–Crippen LogP) is 1.68. The summed E-state index contributed by atoms with van der Waals surface area (Å²) < 4.78 is 0. The van der Waals surface area contributed by atoms with E-state index in [1.807, 2.05) is 19.0 Å². The first-order valence-electron chi connectivity index (χ1n) is 4.45. The van der Waals surface area contributed by atoms with Crippen molar-refractivity contribution in [2.24, 2.45) is 0 Å². The van der Waals surface area contributed by atoms with Crippen LogP contribution in [0.25, 0.3) is 0 Å².